The maximum absolute atomic E-state index is 12.3. The molecule has 0 radical (unpaired) electrons. The lowest BCUT2D eigenvalue weighted by Gasteiger charge is -2.25. The van der Waals surface area contributed by atoms with E-state index in [9.17, 15) is 18.0 Å². The van der Waals surface area contributed by atoms with Crippen molar-refractivity contribution < 1.29 is 31.7 Å². The second-order valence-electron chi connectivity index (χ2n) is 6.36. The van der Waals surface area contributed by atoms with Gasteiger partial charge in [-0.3, -0.25) is 8.98 Å². The molecule has 1 amide bonds. The van der Waals surface area contributed by atoms with E-state index in [0.29, 0.717) is 0 Å². The first kappa shape index (κ1) is 20.2. The van der Waals surface area contributed by atoms with Crippen LogP contribution in [0.4, 0.5) is 4.79 Å². The maximum Gasteiger partial charge on any atom is 0.410 e. The number of nitrogens with zero attached hydrogens (tertiary/aromatic N) is 1. The van der Waals surface area contributed by atoms with E-state index >= 15 is 0 Å². The molecule has 1 aliphatic heterocycles. The van der Waals surface area contributed by atoms with Crippen molar-refractivity contribution in [2.45, 2.75) is 37.8 Å². The van der Waals surface area contributed by atoms with Crippen molar-refractivity contribution in [1.82, 2.24) is 4.90 Å². The van der Waals surface area contributed by atoms with Crippen LogP contribution in [-0.4, -0.2) is 57.8 Å². The number of likely N-dealkylation sites (N-methyl/N-ethyl adjacent to an activating group) is 1. The maximum atomic E-state index is 12.3. The Labute approximate surface area is 153 Å². The average molecular weight is 385 g/mol. The van der Waals surface area contributed by atoms with Gasteiger partial charge >= 0.3 is 12.1 Å². The molecule has 26 heavy (non-hydrogen) atoms. The van der Waals surface area contributed by atoms with Gasteiger partial charge in [-0.05, 0) is 19.1 Å². The summed E-state index contributed by atoms with van der Waals surface area (Å²) >= 11 is 0. The monoisotopic (exact) mass is 385 g/mol. The fraction of sp³-hybridized carbons (Fsp3) is 0.529. The fourth-order valence-corrected chi connectivity index (χ4v) is 3.60. The Morgan fingerprint density at radius 3 is 2.50 bits per heavy atom. The number of amides is 1. The molecule has 0 saturated carbocycles. The second-order valence-corrected chi connectivity index (χ2v) is 7.97. The zero-order chi connectivity index (χ0) is 19.5. The van der Waals surface area contributed by atoms with E-state index in [2.05, 4.69) is 0 Å². The molecule has 8 nitrogen and oxygen atoms in total. The van der Waals surface area contributed by atoms with Crippen LogP contribution in [-0.2, 0) is 28.6 Å². The molecule has 0 N–H and O–H groups in total. The number of esters is 1. The molecule has 0 aliphatic carbocycles. The van der Waals surface area contributed by atoms with Crippen LogP contribution < -0.4 is 0 Å². The van der Waals surface area contributed by atoms with Gasteiger partial charge in [-0.2, -0.15) is 8.42 Å². The van der Waals surface area contributed by atoms with E-state index in [4.69, 9.17) is 13.7 Å². The first-order valence-corrected chi connectivity index (χ1v) is 9.55. The van der Waals surface area contributed by atoms with Gasteiger partial charge in [-0.25, -0.2) is 4.79 Å². The predicted octanol–water partition coefficient (Wildman–Crippen LogP) is 1.72. The molecular formula is C17H23NO7S. The van der Waals surface area contributed by atoms with Crippen LogP contribution in [0.15, 0.2) is 29.2 Å². The summed E-state index contributed by atoms with van der Waals surface area (Å²) in [6, 6.07) is 5.81. The van der Waals surface area contributed by atoms with Gasteiger partial charge in [0.15, 0.2) is 0 Å². The van der Waals surface area contributed by atoms with Gasteiger partial charge in [0.1, 0.15) is 18.8 Å². The van der Waals surface area contributed by atoms with Crippen LogP contribution in [0.5, 0.6) is 0 Å². The number of cyclic esters (lactones) is 1. The molecule has 0 unspecified atom stereocenters. The highest BCUT2D eigenvalue weighted by molar-refractivity contribution is 7.86. The number of rotatable bonds is 7. The van der Waals surface area contributed by atoms with Crippen molar-refractivity contribution in [1.29, 1.82) is 0 Å². The Bertz CT molecular complexity index is 760. The van der Waals surface area contributed by atoms with E-state index in [1.165, 1.54) is 31.0 Å². The quantitative estimate of drug-likeness (QED) is 0.520. The lowest BCUT2D eigenvalue weighted by atomic mass is 9.99. The molecule has 3 atom stereocenters. The van der Waals surface area contributed by atoms with Crippen molar-refractivity contribution in [2.75, 3.05) is 20.3 Å². The van der Waals surface area contributed by atoms with E-state index in [1.807, 2.05) is 6.92 Å². The summed E-state index contributed by atoms with van der Waals surface area (Å²) in [5, 5.41) is 0. The lowest BCUT2D eigenvalue weighted by Crippen LogP contribution is -2.42. The van der Waals surface area contributed by atoms with Crippen LogP contribution in [0.3, 0.4) is 0 Å². The van der Waals surface area contributed by atoms with Gasteiger partial charge in [0.2, 0.25) is 0 Å². The minimum atomic E-state index is -3.91. The van der Waals surface area contributed by atoms with Gasteiger partial charge in [0, 0.05) is 19.9 Å². The number of carbonyl (C=O) groups excluding carboxylic acids is 2. The van der Waals surface area contributed by atoms with Crippen molar-refractivity contribution in [3.05, 3.63) is 29.8 Å². The van der Waals surface area contributed by atoms with E-state index in [1.54, 1.807) is 19.1 Å². The zero-order valence-electron chi connectivity index (χ0n) is 15.2. The predicted molar refractivity (Wildman–Crippen MR) is 91.9 cm³/mol. The van der Waals surface area contributed by atoms with Gasteiger partial charge in [-0.1, -0.05) is 24.6 Å². The van der Waals surface area contributed by atoms with E-state index in [-0.39, 0.29) is 18.1 Å². The van der Waals surface area contributed by atoms with Crippen molar-refractivity contribution >= 4 is 22.2 Å². The summed E-state index contributed by atoms with van der Waals surface area (Å²) in [6.45, 7) is 4.64. The standard InChI is InChI=1S/C17H23NO7S/c1-11-5-7-14(8-6-11)26(21,22)24-9-12(2)16-15(10-23-13(3)19)18(4)17(20)25-16/h5-8,12,15-16H,9-10H2,1-4H3/t12-,15-,16-/m1/s1. The molecule has 144 valence electrons. The fourth-order valence-electron chi connectivity index (χ4n) is 2.60. The zero-order valence-corrected chi connectivity index (χ0v) is 16.0. The smallest absolute Gasteiger partial charge is 0.410 e. The summed E-state index contributed by atoms with van der Waals surface area (Å²) in [7, 11) is -2.38. The topological polar surface area (TPSA) is 99.2 Å². The summed E-state index contributed by atoms with van der Waals surface area (Å²) in [6.07, 6.45) is -1.21. The van der Waals surface area contributed by atoms with Crippen molar-refractivity contribution in [3.63, 3.8) is 0 Å². The number of carbonyl (C=O) groups is 2. The number of aryl methyl sites for hydroxylation is 1. The Kier molecular flexibility index (Phi) is 6.25. The molecule has 2 rings (SSSR count). The summed E-state index contributed by atoms with van der Waals surface area (Å²) in [5.74, 6) is -0.896. The Balaban J connectivity index is 2.03. The lowest BCUT2D eigenvalue weighted by molar-refractivity contribution is -0.142. The third kappa shape index (κ3) is 4.73. The molecular weight excluding hydrogens is 362 g/mol. The second kappa shape index (κ2) is 8.05. The molecule has 0 spiro atoms. The normalized spacial score (nSPS) is 21.4. The van der Waals surface area contributed by atoms with Crippen LogP contribution in [0.1, 0.15) is 19.4 Å². The number of hydrogen-bond acceptors (Lipinski definition) is 7. The molecule has 1 aromatic rings. The highest BCUT2D eigenvalue weighted by Gasteiger charge is 2.43. The minimum absolute atomic E-state index is 0.0305. The van der Waals surface area contributed by atoms with E-state index < -0.39 is 40.2 Å². The van der Waals surface area contributed by atoms with Gasteiger partial charge < -0.3 is 14.4 Å². The number of ether oxygens (including phenoxy) is 2. The Morgan fingerprint density at radius 2 is 1.92 bits per heavy atom. The summed E-state index contributed by atoms with van der Waals surface area (Å²) in [4.78, 5) is 24.2. The van der Waals surface area contributed by atoms with Crippen LogP contribution in [0, 0.1) is 12.8 Å². The third-order valence-electron chi connectivity index (χ3n) is 4.22. The highest BCUT2D eigenvalue weighted by Crippen LogP contribution is 2.26. The van der Waals surface area contributed by atoms with Crippen molar-refractivity contribution in [3.8, 4) is 0 Å². The van der Waals surface area contributed by atoms with Gasteiger partial charge in [0.25, 0.3) is 10.1 Å². The first-order chi connectivity index (χ1) is 12.1. The molecule has 1 saturated heterocycles. The first-order valence-electron chi connectivity index (χ1n) is 8.14. The van der Waals surface area contributed by atoms with Gasteiger partial charge in [-0.15, -0.1) is 0 Å². The van der Waals surface area contributed by atoms with Crippen LogP contribution >= 0.6 is 0 Å². The SMILES string of the molecule is CC(=O)OC[C@@H]1[C@@H]([C@H](C)COS(=O)(=O)c2ccc(C)cc2)OC(=O)N1C. The Hall–Kier alpha value is -2.13. The molecule has 0 aromatic heterocycles. The molecule has 1 heterocycles. The Morgan fingerprint density at radius 1 is 1.31 bits per heavy atom. The molecule has 9 heteroatoms. The van der Waals surface area contributed by atoms with E-state index in [0.717, 1.165) is 5.56 Å². The largest absolute Gasteiger partial charge is 0.464 e. The molecule has 0 bridgehead atoms. The van der Waals surface area contributed by atoms with Crippen LogP contribution in [0.25, 0.3) is 0 Å². The van der Waals surface area contributed by atoms with Gasteiger partial charge in [0.05, 0.1) is 11.5 Å². The number of hydrogen-bond donors (Lipinski definition) is 0. The summed E-state index contributed by atoms with van der Waals surface area (Å²) in [5.41, 5.74) is 0.937. The summed E-state index contributed by atoms with van der Waals surface area (Å²) < 4.78 is 40.0. The van der Waals surface area contributed by atoms with Crippen LogP contribution in [0.2, 0.25) is 0 Å². The van der Waals surface area contributed by atoms with Crippen molar-refractivity contribution in [2.24, 2.45) is 5.92 Å². The molecule has 1 fully saturated rings. The average Bonchev–Trinajstić information content (AvgIpc) is 2.86. The molecule has 1 aliphatic rings. The minimum Gasteiger partial charge on any atom is -0.464 e. The highest BCUT2D eigenvalue weighted by atomic mass is 32.2. The molecule has 1 aromatic carbocycles. The number of benzene rings is 1. The third-order valence-corrected chi connectivity index (χ3v) is 5.51.